The summed E-state index contributed by atoms with van der Waals surface area (Å²) in [5.74, 6) is -0.980. The van der Waals surface area contributed by atoms with Gasteiger partial charge < -0.3 is 4.90 Å². The van der Waals surface area contributed by atoms with Crippen LogP contribution in [0.2, 0.25) is 0 Å². The third kappa shape index (κ3) is 5.02. The van der Waals surface area contributed by atoms with Crippen molar-refractivity contribution in [2.24, 2.45) is 0 Å². The molecule has 5 nitrogen and oxygen atoms in total. The molecule has 3 aromatic rings. The van der Waals surface area contributed by atoms with Crippen molar-refractivity contribution >= 4 is 23.5 Å². The van der Waals surface area contributed by atoms with E-state index in [4.69, 9.17) is 5.21 Å². The normalized spacial score (nSPS) is 13.9. The lowest BCUT2D eigenvalue weighted by molar-refractivity contribution is -0.137. The molecule has 0 radical (unpaired) electrons. The first-order chi connectivity index (χ1) is 16.3. The Labute approximate surface area is 194 Å². The number of nitrogens with one attached hydrogen (secondary N) is 1. The number of amides is 2. The average Bonchev–Trinajstić information content (AvgIpc) is 2.86. The minimum Gasteiger partial charge on any atom is -0.334 e. The van der Waals surface area contributed by atoms with Gasteiger partial charge in [0.05, 0.1) is 5.56 Å². The lowest BCUT2D eigenvalue weighted by Gasteiger charge is -2.30. The second-order valence-corrected chi connectivity index (χ2v) is 7.94. The van der Waals surface area contributed by atoms with E-state index in [1.807, 2.05) is 30.3 Å². The highest BCUT2D eigenvalue weighted by Gasteiger charge is 2.31. The minimum absolute atomic E-state index is 0.230. The van der Waals surface area contributed by atoms with Crippen LogP contribution >= 0.6 is 0 Å². The summed E-state index contributed by atoms with van der Waals surface area (Å²) in [6.07, 6.45) is -2.25. The number of halogens is 3. The number of benzene rings is 3. The van der Waals surface area contributed by atoms with Crippen LogP contribution in [0.25, 0.3) is 11.6 Å². The smallest absolute Gasteiger partial charge is 0.334 e. The first-order valence-corrected chi connectivity index (χ1v) is 10.6. The number of hydrogen-bond acceptors (Lipinski definition) is 3. The number of alkyl halides is 3. The monoisotopic (exact) mass is 466 g/mol. The van der Waals surface area contributed by atoms with Crippen molar-refractivity contribution in [1.29, 1.82) is 0 Å². The van der Waals surface area contributed by atoms with E-state index in [9.17, 15) is 22.8 Å². The molecule has 1 aliphatic heterocycles. The zero-order valence-electron chi connectivity index (χ0n) is 18.0. The van der Waals surface area contributed by atoms with Crippen LogP contribution in [0.4, 0.5) is 13.2 Å². The van der Waals surface area contributed by atoms with E-state index in [0.717, 1.165) is 28.8 Å². The van der Waals surface area contributed by atoms with Gasteiger partial charge in [-0.3, -0.25) is 14.8 Å². The number of rotatable bonds is 4. The Bertz CT molecular complexity index is 1240. The van der Waals surface area contributed by atoms with Crippen LogP contribution < -0.4 is 5.48 Å². The summed E-state index contributed by atoms with van der Waals surface area (Å²) in [7, 11) is 0. The summed E-state index contributed by atoms with van der Waals surface area (Å²) in [6, 6.07) is 18.6. The maximum atomic E-state index is 13.6. The first-order valence-electron chi connectivity index (χ1n) is 10.6. The van der Waals surface area contributed by atoms with Gasteiger partial charge in [-0.15, -0.1) is 0 Å². The largest absolute Gasteiger partial charge is 0.416 e. The summed E-state index contributed by atoms with van der Waals surface area (Å²) in [5, 5.41) is 8.90. The third-order valence-corrected chi connectivity index (χ3v) is 5.73. The molecule has 1 heterocycles. The van der Waals surface area contributed by atoms with Crippen molar-refractivity contribution in [3.05, 3.63) is 106 Å². The predicted molar refractivity (Wildman–Crippen MR) is 121 cm³/mol. The van der Waals surface area contributed by atoms with Crippen LogP contribution in [-0.2, 0) is 23.9 Å². The maximum absolute atomic E-state index is 13.6. The molecule has 174 valence electrons. The number of hydrogen-bond donors (Lipinski definition) is 2. The van der Waals surface area contributed by atoms with Gasteiger partial charge in [-0.1, -0.05) is 48.5 Å². The van der Waals surface area contributed by atoms with Gasteiger partial charge in [0.25, 0.3) is 11.8 Å². The van der Waals surface area contributed by atoms with Crippen molar-refractivity contribution in [1.82, 2.24) is 10.4 Å². The lowest BCUT2D eigenvalue weighted by Crippen LogP contribution is -2.36. The van der Waals surface area contributed by atoms with Gasteiger partial charge in [0.2, 0.25) is 0 Å². The molecule has 0 atom stereocenters. The molecule has 34 heavy (non-hydrogen) atoms. The summed E-state index contributed by atoms with van der Waals surface area (Å²) in [4.78, 5) is 27.0. The molecule has 2 amide bonds. The van der Waals surface area contributed by atoms with Gasteiger partial charge in [0, 0.05) is 24.2 Å². The third-order valence-electron chi connectivity index (χ3n) is 5.73. The molecule has 0 spiro atoms. The molecule has 0 unspecified atom stereocenters. The van der Waals surface area contributed by atoms with Crippen molar-refractivity contribution in [2.75, 3.05) is 6.54 Å². The number of carbonyl (C=O) groups is 2. The van der Waals surface area contributed by atoms with Gasteiger partial charge in [0.15, 0.2) is 0 Å². The van der Waals surface area contributed by atoms with E-state index in [0.29, 0.717) is 18.5 Å². The van der Waals surface area contributed by atoms with Gasteiger partial charge in [-0.25, -0.2) is 5.48 Å². The molecule has 0 aliphatic carbocycles. The highest BCUT2D eigenvalue weighted by Crippen LogP contribution is 2.31. The Morgan fingerprint density at radius 2 is 1.59 bits per heavy atom. The zero-order valence-corrected chi connectivity index (χ0v) is 18.0. The van der Waals surface area contributed by atoms with Crippen LogP contribution in [0.3, 0.4) is 0 Å². The number of carbonyl (C=O) groups excluding carboxylic acids is 2. The number of hydroxylamine groups is 1. The van der Waals surface area contributed by atoms with Crippen LogP contribution in [0.15, 0.2) is 72.8 Å². The fourth-order valence-corrected chi connectivity index (χ4v) is 3.93. The average molecular weight is 466 g/mol. The van der Waals surface area contributed by atoms with E-state index in [-0.39, 0.29) is 23.6 Å². The molecule has 0 aromatic heterocycles. The summed E-state index contributed by atoms with van der Waals surface area (Å²) < 4.78 is 39.1. The second-order valence-electron chi connectivity index (χ2n) is 7.94. The molecule has 8 heteroatoms. The molecular weight excluding hydrogens is 445 g/mol. The molecular formula is C26H21F3N2O3. The lowest BCUT2D eigenvalue weighted by atomic mass is 9.95. The van der Waals surface area contributed by atoms with Gasteiger partial charge >= 0.3 is 6.18 Å². The fourth-order valence-electron chi connectivity index (χ4n) is 3.93. The molecule has 1 aliphatic rings. The quantitative estimate of drug-likeness (QED) is 0.247. The van der Waals surface area contributed by atoms with Crippen molar-refractivity contribution in [3.8, 4) is 0 Å². The van der Waals surface area contributed by atoms with Crippen molar-refractivity contribution in [2.45, 2.75) is 19.1 Å². The minimum atomic E-state index is -4.47. The van der Waals surface area contributed by atoms with Crippen LogP contribution in [0, 0.1) is 0 Å². The highest BCUT2D eigenvalue weighted by molar-refractivity contribution is 6.24. The van der Waals surface area contributed by atoms with Crippen LogP contribution in [0.1, 0.15) is 38.2 Å². The Hall–Kier alpha value is -3.91. The first kappa shape index (κ1) is 23.3. The van der Waals surface area contributed by atoms with E-state index >= 15 is 0 Å². The van der Waals surface area contributed by atoms with E-state index in [1.54, 1.807) is 34.7 Å². The topological polar surface area (TPSA) is 69.6 Å². The van der Waals surface area contributed by atoms with Gasteiger partial charge in [0.1, 0.15) is 0 Å². The summed E-state index contributed by atoms with van der Waals surface area (Å²) in [6.45, 7) is 0.650. The fraction of sp³-hybridized carbons (Fsp3) is 0.154. The predicted octanol–water partition coefficient (Wildman–Crippen LogP) is 4.95. The van der Waals surface area contributed by atoms with E-state index in [1.165, 1.54) is 12.1 Å². The molecule has 0 saturated heterocycles. The van der Waals surface area contributed by atoms with E-state index in [2.05, 4.69) is 0 Å². The Balaban J connectivity index is 1.68. The molecule has 0 fully saturated rings. The SMILES string of the molecule is O=C(NO)c1ccc2c(c1)CN(C(=O)C(=Cc1ccccc1)c1ccc(C(F)(F)F)cc1)CC2. The van der Waals surface area contributed by atoms with E-state index < -0.39 is 17.6 Å². The van der Waals surface area contributed by atoms with Gasteiger partial charge in [-0.2, -0.15) is 13.2 Å². The molecule has 2 N–H and O–H groups in total. The second kappa shape index (κ2) is 9.52. The van der Waals surface area contributed by atoms with Crippen LogP contribution in [0.5, 0.6) is 0 Å². The molecule has 0 bridgehead atoms. The van der Waals surface area contributed by atoms with Crippen molar-refractivity contribution in [3.63, 3.8) is 0 Å². The standard InChI is InChI=1S/C26H21F3N2O3/c27-26(28,29)22-10-8-19(9-11-22)23(14-17-4-2-1-3-5-17)25(33)31-13-12-18-6-7-20(24(32)30-34)15-21(18)16-31/h1-11,14-15,34H,12-13,16H2,(H,30,32). The number of nitrogens with zero attached hydrogens (tertiary/aromatic N) is 1. The Kier molecular flexibility index (Phi) is 6.51. The Morgan fingerprint density at radius 1 is 0.912 bits per heavy atom. The number of fused-ring (bicyclic) bond motifs is 1. The highest BCUT2D eigenvalue weighted by atomic mass is 19.4. The molecule has 3 aromatic carbocycles. The summed E-state index contributed by atoms with van der Waals surface area (Å²) in [5.41, 5.74) is 4.22. The molecule has 4 rings (SSSR count). The van der Waals surface area contributed by atoms with Crippen LogP contribution in [-0.4, -0.2) is 28.5 Å². The maximum Gasteiger partial charge on any atom is 0.416 e. The molecule has 0 saturated carbocycles. The zero-order chi connectivity index (χ0) is 24.3. The summed E-state index contributed by atoms with van der Waals surface area (Å²) >= 11 is 0. The van der Waals surface area contributed by atoms with Gasteiger partial charge in [-0.05, 0) is 59.0 Å². The van der Waals surface area contributed by atoms with Crippen molar-refractivity contribution < 1.29 is 28.0 Å². The Morgan fingerprint density at radius 3 is 2.24 bits per heavy atom.